The Morgan fingerprint density at radius 2 is 2.05 bits per heavy atom. The van der Waals surface area contributed by atoms with E-state index < -0.39 is 17.7 Å². The van der Waals surface area contributed by atoms with Gasteiger partial charge < -0.3 is 9.47 Å². The van der Waals surface area contributed by atoms with Crippen molar-refractivity contribution in [3.63, 3.8) is 0 Å². The van der Waals surface area contributed by atoms with Crippen molar-refractivity contribution >= 4 is 5.97 Å². The number of benzene rings is 1. The van der Waals surface area contributed by atoms with Gasteiger partial charge in [-0.25, -0.2) is 4.79 Å². The molecule has 0 unspecified atom stereocenters. The molecule has 0 bridgehead atoms. The second kappa shape index (κ2) is 6.04. The van der Waals surface area contributed by atoms with Crippen molar-refractivity contribution in [3.05, 3.63) is 29.5 Å². The molecule has 0 radical (unpaired) electrons. The van der Waals surface area contributed by atoms with Crippen LogP contribution < -0.4 is 4.74 Å². The molecule has 0 aliphatic rings. The van der Waals surface area contributed by atoms with E-state index in [4.69, 9.17) is 9.47 Å². The zero-order valence-electron chi connectivity index (χ0n) is 11.7. The fraction of sp³-hybridized carbons (Fsp3) is 0.308. The average molecular weight is 315 g/mol. The van der Waals surface area contributed by atoms with E-state index in [1.807, 2.05) is 0 Å². The topological polar surface area (TPSA) is 77.1 Å². The number of alkyl halides is 3. The Bertz CT molecular complexity index is 683. The van der Waals surface area contributed by atoms with Crippen LogP contribution in [0.15, 0.2) is 18.2 Å². The number of nitrogens with zero attached hydrogens (tertiary/aromatic N) is 2. The van der Waals surface area contributed by atoms with E-state index in [1.54, 1.807) is 6.92 Å². The fourth-order valence-corrected chi connectivity index (χ4v) is 1.93. The molecule has 0 aliphatic carbocycles. The van der Waals surface area contributed by atoms with Crippen LogP contribution in [0, 0.1) is 0 Å². The van der Waals surface area contributed by atoms with Gasteiger partial charge in [0.1, 0.15) is 11.4 Å². The van der Waals surface area contributed by atoms with Gasteiger partial charge >= 0.3 is 12.1 Å². The van der Waals surface area contributed by atoms with Gasteiger partial charge in [0, 0.05) is 0 Å². The largest absolute Gasteiger partial charge is 0.496 e. The predicted octanol–water partition coefficient (Wildman–Crippen LogP) is 2.68. The molecule has 6 nitrogen and oxygen atoms in total. The maximum Gasteiger partial charge on any atom is 0.417 e. The number of hydrogen-bond acceptors (Lipinski definition) is 5. The standard InChI is InChI=1S/C13H12F3N3O3/c1-3-22-12(20)11-10(17-19-18-11)9-7(13(14,15)16)5-4-6-8(9)21-2/h4-6H,3H2,1-2H3,(H,17,18,19). The van der Waals surface area contributed by atoms with Crippen molar-refractivity contribution < 1.29 is 27.4 Å². The smallest absolute Gasteiger partial charge is 0.417 e. The van der Waals surface area contributed by atoms with Crippen molar-refractivity contribution in [3.8, 4) is 17.0 Å². The first-order valence-corrected chi connectivity index (χ1v) is 6.22. The summed E-state index contributed by atoms with van der Waals surface area (Å²) < 4.78 is 49.4. The predicted molar refractivity (Wildman–Crippen MR) is 69.3 cm³/mol. The minimum absolute atomic E-state index is 0.0587. The molecule has 0 spiro atoms. The lowest BCUT2D eigenvalue weighted by molar-refractivity contribution is -0.137. The number of halogens is 3. The van der Waals surface area contributed by atoms with E-state index in [0.29, 0.717) is 0 Å². The second-order valence-electron chi connectivity index (χ2n) is 4.12. The summed E-state index contributed by atoms with van der Waals surface area (Å²) in [6.07, 6.45) is -4.64. The molecule has 1 aromatic heterocycles. The van der Waals surface area contributed by atoms with Gasteiger partial charge in [0.05, 0.1) is 24.8 Å². The number of hydrogen-bond donors (Lipinski definition) is 1. The zero-order chi connectivity index (χ0) is 16.3. The summed E-state index contributed by atoms with van der Waals surface area (Å²) in [4.78, 5) is 11.8. The van der Waals surface area contributed by atoms with Crippen LogP contribution in [-0.2, 0) is 10.9 Å². The Morgan fingerprint density at radius 3 is 2.64 bits per heavy atom. The summed E-state index contributed by atoms with van der Waals surface area (Å²) in [6.45, 7) is 1.63. The van der Waals surface area contributed by atoms with Gasteiger partial charge in [-0.3, -0.25) is 0 Å². The van der Waals surface area contributed by atoms with E-state index in [1.165, 1.54) is 19.2 Å². The molecule has 0 aliphatic heterocycles. The van der Waals surface area contributed by atoms with Gasteiger partial charge in [-0.15, -0.1) is 5.10 Å². The number of ether oxygens (including phenoxy) is 2. The van der Waals surface area contributed by atoms with Gasteiger partial charge in [0.25, 0.3) is 0 Å². The summed E-state index contributed by atoms with van der Waals surface area (Å²) >= 11 is 0. The lowest BCUT2D eigenvalue weighted by atomic mass is 10.0. The number of carbonyl (C=O) groups excluding carboxylic acids is 1. The molecule has 0 amide bonds. The number of methoxy groups -OCH3 is 1. The molecule has 0 atom stereocenters. The van der Waals surface area contributed by atoms with Crippen LogP contribution in [0.1, 0.15) is 23.0 Å². The van der Waals surface area contributed by atoms with Gasteiger partial charge in [0.15, 0.2) is 5.69 Å². The highest BCUT2D eigenvalue weighted by molar-refractivity contribution is 5.95. The third kappa shape index (κ3) is 2.87. The zero-order valence-corrected chi connectivity index (χ0v) is 11.7. The normalized spacial score (nSPS) is 11.3. The van der Waals surface area contributed by atoms with Gasteiger partial charge in [-0.05, 0) is 19.1 Å². The number of carbonyl (C=O) groups is 1. The highest BCUT2D eigenvalue weighted by atomic mass is 19.4. The first kappa shape index (κ1) is 15.8. The Hall–Kier alpha value is -2.58. The fourth-order valence-electron chi connectivity index (χ4n) is 1.93. The molecule has 1 heterocycles. The number of aromatic nitrogens is 3. The van der Waals surface area contributed by atoms with Crippen molar-refractivity contribution in [1.29, 1.82) is 0 Å². The Morgan fingerprint density at radius 1 is 1.32 bits per heavy atom. The first-order valence-electron chi connectivity index (χ1n) is 6.22. The number of nitrogens with one attached hydrogen (secondary N) is 1. The highest BCUT2D eigenvalue weighted by Gasteiger charge is 2.37. The summed E-state index contributed by atoms with van der Waals surface area (Å²) in [6, 6.07) is 3.42. The summed E-state index contributed by atoms with van der Waals surface area (Å²) in [5.41, 5.74) is -1.96. The summed E-state index contributed by atoms with van der Waals surface area (Å²) in [5.74, 6) is -0.945. The molecule has 2 rings (SSSR count). The molecular formula is C13H12F3N3O3. The Balaban J connectivity index is 2.67. The number of aromatic amines is 1. The van der Waals surface area contributed by atoms with E-state index in [9.17, 15) is 18.0 Å². The van der Waals surface area contributed by atoms with Crippen molar-refractivity contribution in [2.45, 2.75) is 13.1 Å². The molecule has 0 fully saturated rings. The highest BCUT2D eigenvalue weighted by Crippen LogP contribution is 2.42. The van der Waals surface area contributed by atoms with Crippen molar-refractivity contribution in [2.75, 3.05) is 13.7 Å². The van der Waals surface area contributed by atoms with Gasteiger partial charge in [0.2, 0.25) is 0 Å². The van der Waals surface area contributed by atoms with E-state index in [0.717, 1.165) is 6.07 Å². The monoisotopic (exact) mass is 315 g/mol. The van der Waals surface area contributed by atoms with Crippen LogP contribution in [0.25, 0.3) is 11.3 Å². The summed E-state index contributed by atoms with van der Waals surface area (Å²) in [7, 11) is 1.23. The van der Waals surface area contributed by atoms with Crippen LogP contribution in [0.5, 0.6) is 5.75 Å². The molecule has 0 saturated heterocycles. The molecule has 118 valence electrons. The van der Waals surface area contributed by atoms with Crippen LogP contribution in [0.4, 0.5) is 13.2 Å². The number of H-pyrrole nitrogens is 1. The van der Waals surface area contributed by atoms with Crippen LogP contribution in [0.3, 0.4) is 0 Å². The van der Waals surface area contributed by atoms with Crippen molar-refractivity contribution in [1.82, 2.24) is 15.4 Å². The molecule has 22 heavy (non-hydrogen) atoms. The maximum atomic E-state index is 13.2. The van der Waals surface area contributed by atoms with Gasteiger partial charge in [-0.2, -0.15) is 23.5 Å². The molecule has 1 aromatic carbocycles. The minimum Gasteiger partial charge on any atom is -0.496 e. The van der Waals surface area contributed by atoms with E-state index in [-0.39, 0.29) is 29.3 Å². The van der Waals surface area contributed by atoms with Crippen LogP contribution >= 0.6 is 0 Å². The molecule has 0 saturated carbocycles. The number of esters is 1. The average Bonchev–Trinajstić information content (AvgIpc) is 2.94. The summed E-state index contributed by atoms with van der Waals surface area (Å²) in [5, 5.41) is 9.37. The van der Waals surface area contributed by atoms with Crippen LogP contribution in [-0.4, -0.2) is 35.1 Å². The van der Waals surface area contributed by atoms with Crippen molar-refractivity contribution in [2.24, 2.45) is 0 Å². The third-order valence-corrected chi connectivity index (χ3v) is 2.81. The molecular weight excluding hydrogens is 303 g/mol. The Labute approximate surface area is 123 Å². The minimum atomic E-state index is -4.64. The lowest BCUT2D eigenvalue weighted by Crippen LogP contribution is -2.11. The van der Waals surface area contributed by atoms with Gasteiger partial charge in [-0.1, -0.05) is 6.07 Å². The van der Waals surface area contributed by atoms with E-state index >= 15 is 0 Å². The Kier molecular flexibility index (Phi) is 4.34. The maximum absolute atomic E-state index is 13.2. The lowest BCUT2D eigenvalue weighted by Gasteiger charge is -2.15. The third-order valence-electron chi connectivity index (χ3n) is 2.81. The SMILES string of the molecule is CCOC(=O)c1n[nH]nc1-c1c(OC)cccc1C(F)(F)F. The second-order valence-corrected chi connectivity index (χ2v) is 4.12. The number of rotatable bonds is 4. The van der Waals surface area contributed by atoms with E-state index in [2.05, 4.69) is 15.4 Å². The quantitative estimate of drug-likeness (QED) is 0.878. The molecule has 1 N–H and O–H groups in total. The molecule has 2 aromatic rings. The first-order chi connectivity index (χ1) is 10.4. The molecule has 9 heteroatoms. The van der Waals surface area contributed by atoms with Crippen LogP contribution in [0.2, 0.25) is 0 Å².